The molecule has 3 atom stereocenters. The average Bonchev–Trinajstić information content (AvgIpc) is 2.90. The predicted octanol–water partition coefficient (Wildman–Crippen LogP) is 4.24. The summed E-state index contributed by atoms with van der Waals surface area (Å²) >= 11 is 0. The molecule has 25 heavy (non-hydrogen) atoms. The zero-order chi connectivity index (χ0) is 17.0. The van der Waals surface area contributed by atoms with Crippen LogP contribution < -0.4 is 0 Å². The molecule has 2 aliphatic heterocycles. The summed E-state index contributed by atoms with van der Waals surface area (Å²) in [6.07, 6.45) is 4.97. The maximum Gasteiger partial charge on any atom is 0.257 e. The van der Waals surface area contributed by atoms with Crippen LogP contribution in [-0.2, 0) is 10.5 Å². The van der Waals surface area contributed by atoms with Gasteiger partial charge in [-0.3, -0.25) is 4.79 Å². The lowest BCUT2D eigenvalue weighted by Gasteiger charge is -2.51. The van der Waals surface area contributed by atoms with Gasteiger partial charge in [-0.25, -0.2) is 0 Å². The largest absolute Gasteiger partial charge is 0.343 e. The second-order valence-electron chi connectivity index (χ2n) is 7.67. The minimum absolute atomic E-state index is 0.111. The summed E-state index contributed by atoms with van der Waals surface area (Å²) in [6, 6.07) is 16.5. The molecule has 1 saturated heterocycles. The van der Waals surface area contributed by atoms with Crippen molar-refractivity contribution in [1.29, 1.82) is 0 Å². The van der Waals surface area contributed by atoms with E-state index in [9.17, 15) is 4.79 Å². The van der Waals surface area contributed by atoms with Gasteiger partial charge in [0.15, 0.2) is 5.72 Å². The molecule has 3 aliphatic rings. The molecule has 0 bridgehead atoms. The molecule has 2 aromatic carbocycles. The Balaban J connectivity index is 1.72. The summed E-state index contributed by atoms with van der Waals surface area (Å²) in [5.41, 5.74) is 3.34. The van der Waals surface area contributed by atoms with Gasteiger partial charge in [-0.1, -0.05) is 60.9 Å². The van der Waals surface area contributed by atoms with Gasteiger partial charge >= 0.3 is 0 Å². The lowest BCUT2D eigenvalue weighted by atomic mass is 9.82. The molecule has 128 valence electrons. The molecule has 0 aromatic heterocycles. The van der Waals surface area contributed by atoms with E-state index in [4.69, 9.17) is 4.74 Å². The summed E-state index contributed by atoms with van der Waals surface area (Å²) < 4.78 is 6.83. The summed E-state index contributed by atoms with van der Waals surface area (Å²) in [5, 5.41) is 0. The molecule has 3 nitrogen and oxygen atoms in total. The predicted molar refractivity (Wildman–Crippen MR) is 96.3 cm³/mol. The quantitative estimate of drug-likeness (QED) is 0.781. The van der Waals surface area contributed by atoms with E-state index in [1.807, 2.05) is 23.1 Å². The zero-order valence-electron chi connectivity index (χ0n) is 14.6. The number of carbonyl (C=O) groups is 1. The number of amides is 1. The van der Waals surface area contributed by atoms with Crippen molar-refractivity contribution >= 4 is 5.91 Å². The molecular weight excluding hydrogens is 310 g/mol. The topological polar surface area (TPSA) is 29.5 Å². The van der Waals surface area contributed by atoms with E-state index in [1.165, 1.54) is 18.4 Å². The van der Waals surface area contributed by atoms with E-state index in [0.717, 1.165) is 36.1 Å². The molecule has 0 radical (unpaired) electrons. The van der Waals surface area contributed by atoms with Crippen LogP contribution in [-0.4, -0.2) is 23.5 Å². The highest BCUT2D eigenvalue weighted by Crippen LogP contribution is 2.51. The molecule has 1 amide bonds. The monoisotopic (exact) mass is 333 g/mol. The van der Waals surface area contributed by atoms with Crippen molar-refractivity contribution in [3.8, 4) is 0 Å². The van der Waals surface area contributed by atoms with E-state index in [0.29, 0.717) is 5.92 Å². The third-order valence-corrected chi connectivity index (χ3v) is 6.17. The van der Waals surface area contributed by atoms with Crippen LogP contribution in [0, 0.1) is 12.8 Å². The van der Waals surface area contributed by atoms with Gasteiger partial charge in [-0.05, 0) is 25.8 Å². The van der Waals surface area contributed by atoms with Crippen LogP contribution in [0.4, 0.5) is 0 Å². The second-order valence-corrected chi connectivity index (χ2v) is 7.67. The van der Waals surface area contributed by atoms with Gasteiger partial charge in [0, 0.05) is 29.2 Å². The first-order chi connectivity index (χ1) is 12.2. The highest BCUT2D eigenvalue weighted by molar-refractivity contribution is 6.00. The smallest absolute Gasteiger partial charge is 0.257 e. The van der Waals surface area contributed by atoms with Crippen molar-refractivity contribution in [2.75, 3.05) is 6.54 Å². The Morgan fingerprint density at radius 2 is 1.80 bits per heavy atom. The number of aryl methyl sites for hydroxylation is 1. The van der Waals surface area contributed by atoms with E-state index in [2.05, 4.69) is 37.3 Å². The Morgan fingerprint density at radius 1 is 1.04 bits per heavy atom. The number of ether oxygens (including phenoxy) is 1. The third-order valence-electron chi connectivity index (χ3n) is 6.17. The van der Waals surface area contributed by atoms with Crippen LogP contribution in [0.15, 0.2) is 48.5 Å². The number of fused-ring (bicyclic) bond motifs is 4. The van der Waals surface area contributed by atoms with Crippen LogP contribution in [0.5, 0.6) is 0 Å². The van der Waals surface area contributed by atoms with E-state index >= 15 is 0 Å². The minimum Gasteiger partial charge on any atom is -0.343 e. The van der Waals surface area contributed by atoms with Crippen LogP contribution >= 0.6 is 0 Å². The van der Waals surface area contributed by atoms with Gasteiger partial charge in [0.2, 0.25) is 0 Å². The lowest BCUT2D eigenvalue weighted by molar-refractivity contribution is -0.209. The van der Waals surface area contributed by atoms with Crippen LogP contribution in [0.3, 0.4) is 0 Å². The summed E-state index contributed by atoms with van der Waals surface area (Å²) in [7, 11) is 0. The lowest BCUT2D eigenvalue weighted by Crippen LogP contribution is -2.58. The second kappa shape index (κ2) is 5.43. The van der Waals surface area contributed by atoms with Crippen LogP contribution in [0.25, 0.3) is 0 Å². The first-order valence-corrected chi connectivity index (χ1v) is 9.36. The van der Waals surface area contributed by atoms with Gasteiger partial charge in [0.1, 0.15) is 0 Å². The van der Waals surface area contributed by atoms with Crippen molar-refractivity contribution in [3.63, 3.8) is 0 Å². The third kappa shape index (κ3) is 2.05. The number of hydrogen-bond donors (Lipinski definition) is 0. The van der Waals surface area contributed by atoms with Crippen LogP contribution in [0.2, 0.25) is 0 Å². The van der Waals surface area contributed by atoms with Gasteiger partial charge in [-0.2, -0.15) is 0 Å². The van der Waals surface area contributed by atoms with Gasteiger partial charge in [-0.15, -0.1) is 0 Å². The standard InChI is InChI=1S/C22H23NO2/c1-15-10-12-17(13-11-15)22-19-8-4-3-7-18(19)21(24)23(22)14-16-6-2-5-9-20(16)25-22/h3-4,7-8,10-13,16,20H,2,5-6,9,14H2,1H3/t16-,20+,22-/m1/s1. The SMILES string of the molecule is Cc1ccc([C@]23O[C@H]4CCCC[C@@H]4CN2C(=O)c2ccccc23)cc1. The number of carbonyl (C=O) groups excluding carboxylic acids is 1. The maximum absolute atomic E-state index is 13.2. The number of benzene rings is 2. The van der Waals surface area contributed by atoms with Crippen LogP contribution in [0.1, 0.15) is 52.7 Å². The van der Waals surface area contributed by atoms with Crippen molar-refractivity contribution in [3.05, 3.63) is 70.8 Å². The Hall–Kier alpha value is -2.13. The molecule has 2 heterocycles. The Bertz CT molecular complexity index is 828. The Labute approximate surface area is 148 Å². The number of nitrogens with zero attached hydrogens (tertiary/aromatic N) is 1. The Morgan fingerprint density at radius 3 is 2.64 bits per heavy atom. The molecule has 1 saturated carbocycles. The summed E-state index contributed by atoms with van der Waals surface area (Å²) in [4.78, 5) is 15.2. The van der Waals surface area contributed by atoms with E-state index in [-0.39, 0.29) is 12.0 Å². The molecule has 2 fully saturated rings. The molecule has 0 N–H and O–H groups in total. The molecule has 3 heteroatoms. The normalized spacial score (nSPS) is 30.6. The molecule has 2 aromatic rings. The fourth-order valence-corrected chi connectivity index (χ4v) is 4.89. The fraction of sp³-hybridized carbons (Fsp3) is 0.409. The fourth-order valence-electron chi connectivity index (χ4n) is 4.89. The molecule has 0 spiro atoms. The van der Waals surface area contributed by atoms with Crippen molar-refractivity contribution in [2.45, 2.75) is 44.4 Å². The number of hydrogen-bond acceptors (Lipinski definition) is 2. The first-order valence-electron chi connectivity index (χ1n) is 9.36. The molecule has 5 rings (SSSR count). The maximum atomic E-state index is 13.2. The molecule has 0 unspecified atom stereocenters. The van der Waals surface area contributed by atoms with Gasteiger partial charge < -0.3 is 9.64 Å². The van der Waals surface area contributed by atoms with Crippen molar-refractivity contribution in [2.24, 2.45) is 5.92 Å². The molecule has 1 aliphatic carbocycles. The highest BCUT2D eigenvalue weighted by Gasteiger charge is 2.57. The van der Waals surface area contributed by atoms with Gasteiger partial charge in [0.25, 0.3) is 5.91 Å². The number of rotatable bonds is 1. The minimum atomic E-state index is -0.750. The van der Waals surface area contributed by atoms with E-state index in [1.54, 1.807) is 0 Å². The Kier molecular flexibility index (Phi) is 3.29. The zero-order valence-corrected chi connectivity index (χ0v) is 14.6. The van der Waals surface area contributed by atoms with Crippen molar-refractivity contribution in [1.82, 2.24) is 4.90 Å². The van der Waals surface area contributed by atoms with E-state index < -0.39 is 5.72 Å². The highest BCUT2D eigenvalue weighted by atomic mass is 16.5. The first kappa shape index (κ1) is 15.2. The molecular formula is C22H23NO2. The average molecular weight is 333 g/mol. The summed E-state index contributed by atoms with van der Waals surface area (Å²) in [5.74, 6) is 0.575. The summed E-state index contributed by atoms with van der Waals surface area (Å²) in [6.45, 7) is 2.89. The van der Waals surface area contributed by atoms with Gasteiger partial charge in [0.05, 0.1) is 6.10 Å². The van der Waals surface area contributed by atoms with Crippen molar-refractivity contribution < 1.29 is 9.53 Å².